The topological polar surface area (TPSA) is 96.9 Å². The van der Waals surface area contributed by atoms with E-state index in [1.165, 1.54) is 28.9 Å². The number of morpholine rings is 1. The standard InChI is InChI=1S/C36H41ClN6O3/c1-24-23-46-18-17-40(24)13-2-14-43-33-12-16-42(36(45)35(38)44)22-31(33)34(39-43)28-7-10-32(37)27(20-28)6-4-25-3-5-26-11-15-41(30-8-9-30)21-29(26)19-25/h3,5,7,10,19-20,24,30H,2,8-9,11-18,21-23H2,1H3,(H2,38,44)/t24-/m0/s1. The molecule has 10 heteroatoms. The van der Waals surface area contributed by atoms with Crippen LogP contribution in [0.1, 0.15) is 59.7 Å². The predicted octanol–water partition coefficient (Wildman–Crippen LogP) is 3.60. The van der Waals surface area contributed by atoms with E-state index in [0.717, 1.165) is 98.5 Å². The van der Waals surface area contributed by atoms with Crippen LogP contribution >= 0.6 is 11.6 Å². The smallest absolute Gasteiger partial charge is 0.311 e. The first-order valence-corrected chi connectivity index (χ1v) is 16.9. The fraction of sp³-hybridized carbons (Fsp3) is 0.472. The second-order valence-corrected chi connectivity index (χ2v) is 13.4. The highest BCUT2D eigenvalue weighted by atomic mass is 35.5. The fourth-order valence-corrected chi connectivity index (χ4v) is 7.23. The van der Waals surface area contributed by atoms with E-state index in [4.69, 9.17) is 27.2 Å². The zero-order chi connectivity index (χ0) is 31.8. The van der Waals surface area contributed by atoms with E-state index >= 15 is 0 Å². The van der Waals surface area contributed by atoms with Crippen molar-refractivity contribution in [1.29, 1.82) is 0 Å². The largest absolute Gasteiger partial charge is 0.379 e. The second-order valence-electron chi connectivity index (χ2n) is 13.0. The molecule has 2 N–H and O–H groups in total. The van der Waals surface area contributed by atoms with Gasteiger partial charge in [0, 0.05) is 85.7 Å². The Morgan fingerprint density at radius 3 is 2.70 bits per heavy atom. The van der Waals surface area contributed by atoms with Crippen LogP contribution in [0.15, 0.2) is 36.4 Å². The molecule has 9 nitrogen and oxygen atoms in total. The number of aryl methyl sites for hydroxylation is 1. The lowest BCUT2D eigenvalue weighted by molar-refractivity contribution is -0.144. The third-order valence-electron chi connectivity index (χ3n) is 9.85. The molecule has 1 atom stereocenters. The number of hydrogen-bond acceptors (Lipinski definition) is 6. The van der Waals surface area contributed by atoms with Gasteiger partial charge in [-0.25, -0.2) is 0 Å². The van der Waals surface area contributed by atoms with Gasteiger partial charge in [-0.05, 0) is 68.0 Å². The maximum Gasteiger partial charge on any atom is 0.311 e. The summed E-state index contributed by atoms with van der Waals surface area (Å²) >= 11 is 6.68. The van der Waals surface area contributed by atoms with Gasteiger partial charge in [0.2, 0.25) is 0 Å². The van der Waals surface area contributed by atoms with Crippen LogP contribution in [0.3, 0.4) is 0 Å². The summed E-state index contributed by atoms with van der Waals surface area (Å²) in [5, 5.41) is 5.67. The molecule has 4 heterocycles. The number of halogens is 1. The highest BCUT2D eigenvalue weighted by molar-refractivity contribution is 6.34. The molecule has 1 aliphatic carbocycles. The van der Waals surface area contributed by atoms with Crippen molar-refractivity contribution in [2.24, 2.45) is 5.73 Å². The molecule has 0 bridgehead atoms. The van der Waals surface area contributed by atoms with Crippen LogP contribution < -0.4 is 5.73 Å². The quantitative estimate of drug-likeness (QED) is 0.327. The van der Waals surface area contributed by atoms with Crippen LogP contribution in [-0.4, -0.2) is 87.8 Å². The molecule has 0 radical (unpaired) electrons. The van der Waals surface area contributed by atoms with E-state index < -0.39 is 11.8 Å². The monoisotopic (exact) mass is 640 g/mol. The molecule has 4 aliphatic rings. The van der Waals surface area contributed by atoms with Crippen molar-refractivity contribution in [2.75, 3.05) is 39.4 Å². The molecule has 46 heavy (non-hydrogen) atoms. The zero-order valence-corrected chi connectivity index (χ0v) is 27.2. The van der Waals surface area contributed by atoms with Crippen LogP contribution in [0.4, 0.5) is 0 Å². The Labute approximate surface area is 275 Å². The molecule has 0 spiro atoms. The van der Waals surface area contributed by atoms with Gasteiger partial charge in [0.1, 0.15) is 0 Å². The lowest BCUT2D eigenvalue weighted by Gasteiger charge is -2.33. The van der Waals surface area contributed by atoms with E-state index in [2.05, 4.69) is 51.4 Å². The summed E-state index contributed by atoms with van der Waals surface area (Å²) < 4.78 is 7.68. The van der Waals surface area contributed by atoms with Crippen molar-refractivity contribution in [1.82, 2.24) is 24.5 Å². The van der Waals surface area contributed by atoms with Gasteiger partial charge in [0.15, 0.2) is 0 Å². The van der Waals surface area contributed by atoms with Gasteiger partial charge in [0.05, 0.1) is 30.5 Å². The van der Waals surface area contributed by atoms with Crippen LogP contribution in [0, 0.1) is 11.8 Å². The SMILES string of the molecule is C[C@H]1COCCN1CCCn1nc(-c2ccc(Cl)c(C#Cc3ccc4c(c3)CN(C3CC3)CC4)c2)c2c1CCN(C(=O)C(N)=O)C2. The van der Waals surface area contributed by atoms with E-state index in [1.54, 1.807) is 0 Å². The van der Waals surface area contributed by atoms with Gasteiger partial charge in [0.25, 0.3) is 0 Å². The number of benzene rings is 2. The molecule has 2 aromatic carbocycles. The van der Waals surface area contributed by atoms with Crippen molar-refractivity contribution in [3.8, 4) is 23.1 Å². The fourth-order valence-electron chi connectivity index (χ4n) is 7.07. The Bertz CT molecular complexity index is 1720. The highest BCUT2D eigenvalue weighted by Crippen LogP contribution is 2.34. The van der Waals surface area contributed by atoms with Gasteiger partial charge in [-0.1, -0.05) is 35.6 Å². The first kappa shape index (κ1) is 30.9. The molecule has 2 amide bonds. The van der Waals surface area contributed by atoms with Gasteiger partial charge >= 0.3 is 11.8 Å². The number of ether oxygens (including phenoxy) is 1. The van der Waals surface area contributed by atoms with Gasteiger partial charge in [-0.3, -0.25) is 24.1 Å². The maximum absolute atomic E-state index is 12.6. The number of rotatable bonds is 6. The molecular formula is C36H41ClN6O3. The summed E-state index contributed by atoms with van der Waals surface area (Å²) in [6.07, 6.45) is 5.28. The minimum Gasteiger partial charge on any atom is -0.379 e. The summed E-state index contributed by atoms with van der Waals surface area (Å²) in [4.78, 5) is 30.9. The summed E-state index contributed by atoms with van der Waals surface area (Å²) in [5.41, 5.74) is 13.6. The summed E-state index contributed by atoms with van der Waals surface area (Å²) in [6.45, 7) is 9.24. The minimum atomic E-state index is -0.941. The first-order chi connectivity index (χ1) is 22.3. The Morgan fingerprint density at radius 2 is 1.89 bits per heavy atom. The number of amides is 2. The second kappa shape index (κ2) is 13.2. The number of aromatic nitrogens is 2. The Morgan fingerprint density at radius 1 is 1.02 bits per heavy atom. The summed E-state index contributed by atoms with van der Waals surface area (Å²) in [6, 6.07) is 13.5. The highest BCUT2D eigenvalue weighted by Gasteiger charge is 2.32. The number of hydrogen-bond donors (Lipinski definition) is 1. The van der Waals surface area contributed by atoms with Crippen LogP contribution in [0.25, 0.3) is 11.3 Å². The molecule has 3 aromatic rings. The minimum absolute atomic E-state index is 0.281. The third-order valence-corrected chi connectivity index (χ3v) is 10.2. The average molecular weight is 641 g/mol. The number of nitrogens with zero attached hydrogens (tertiary/aromatic N) is 5. The van der Waals surface area contributed by atoms with Gasteiger partial charge in [-0.2, -0.15) is 5.10 Å². The average Bonchev–Trinajstić information content (AvgIpc) is 3.86. The third kappa shape index (κ3) is 6.58. The maximum atomic E-state index is 12.6. The van der Waals surface area contributed by atoms with Crippen molar-refractivity contribution in [3.63, 3.8) is 0 Å². The number of primary amides is 1. The molecule has 1 aromatic heterocycles. The van der Waals surface area contributed by atoms with Crippen LogP contribution in [-0.2, 0) is 46.8 Å². The van der Waals surface area contributed by atoms with Crippen LogP contribution in [0.5, 0.6) is 0 Å². The van der Waals surface area contributed by atoms with Crippen molar-refractivity contribution in [3.05, 3.63) is 74.9 Å². The Balaban J connectivity index is 1.15. The van der Waals surface area contributed by atoms with E-state index in [-0.39, 0.29) is 6.54 Å². The molecule has 1 saturated carbocycles. The van der Waals surface area contributed by atoms with Gasteiger partial charge < -0.3 is 15.4 Å². The normalized spacial score (nSPS) is 20.0. The van der Waals surface area contributed by atoms with Gasteiger partial charge in [-0.15, -0.1) is 0 Å². The summed E-state index contributed by atoms with van der Waals surface area (Å²) in [7, 11) is 0. The zero-order valence-electron chi connectivity index (χ0n) is 26.4. The molecule has 0 unspecified atom stereocenters. The van der Waals surface area contributed by atoms with E-state index in [1.807, 2.05) is 18.2 Å². The number of carbonyl (C=O) groups excluding carboxylic acids is 2. The Kier molecular flexibility index (Phi) is 8.88. The van der Waals surface area contributed by atoms with Crippen molar-refractivity contribution >= 4 is 23.4 Å². The number of carbonyl (C=O) groups is 2. The lowest BCUT2D eigenvalue weighted by atomic mass is 9.97. The molecule has 1 saturated heterocycles. The molecule has 240 valence electrons. The van der Waals surface area contributed by atoms with Crippen molar-refractivity contribution in [2.45, 2.75) is 70.7 Å². The predicted molar refractivity (Wildman–Crippen MR) is 177 cm³/mol. The molecule has 2 fully saturated rings. The lowest BCUT2D eigenvalue weighted by Crippen LogP contribution is -2.44. The van der Waals surface area contributed by atoms with E-state index in [9.17, 15) is 9.59 Å². The molecule has 7 rings (SSSR count). The van der Waals surface area contributed by atoms with Crippen LogP contribution in [0.2, 0.25) is 5.02 Å². The summed E-state index contributed by atoms with van der Waals surface area (Å²) in [5.74, 6) is 5.07. The van der Waals surface area contributed by atoms with E-state index in [0.29, 0.717) is 24.0 Å². The molecule has 3 aliphatic heterocycles. The molecular weight excluding hydrogens is 600 g/mol. The first-order valence-electron chi connectivity index (χ1n) is 16.5. The Hall–Kier alpha value is -3.68. The van der Waals surface area contributed by atoms with Crippen molar-refractivity contribution < 1.29 is 14.3 Å². The number of fused-ring (bicyclic) bond motifs is 2. The number of nitrogens with two attached hydrogens (primary N) is 1.